The van der Waals surface area contributed by atoms with E-state index in [1.54, 1.807) is 30.3 Å². The SMILES string of the molecule is COc1cc(C2/C(=C(\O)c3nc4c(C)cccn4c3C)C(=O)C(=O)N2Cc2ccco2)ccc1OCc1ccccc1. The molecule has 1 aliphatic heterocycles. The van der Waals surface area contributed by atoms with Gasteiger partial charge < -0.3 is 28.3 Å². The first-order chi connectivity index (χ1) is 20.4. The first-order valence-electron chi connectivity index (χ1n) is 13.5. The molecule has 1 fully saturated rings. The van der Waals surface area contributed by atoms with Crippen molar-refractivity contribution in [1.82, 2.24) is 14.3 Å². The molecule has 4 heterocycles. The highest BCUT2D eigenvalue weighted by Crippen LogP contribution is 2.43. The van der Waals surface area contributed by atoms with E-state index in [1.807, 2.05) is 66.9 Å². The van der Waals surface area contributed by atoms with Gasteiger partial charge in [-0.1, -0.05) is 42.5 Å². The van der Waals surface area contributed by atoms with Crippen molar-refractivity contribution >= 4 is 23.1 Å². The molecule has 9 nitrogen and oxygen atoms in total. The number of likely N-dealkylation sites (tertiary alicyclic amines) is 1. The zero-order valence-electron chi connectivity index (χ0n) is 23.4. The normalized spacial score (nSPS) is 16.4. The Morgan fingerprint density at radius 2 is 1.81 bits per heavy atom. The summed E-state index contributed by atoms with van der Waals surface area (Å²) in [5, 5.41) is 11.7. The number of ketones is 1. The van der Waals surface area contributed by atoms with E-state index >= 15 is 0 Å². The third kappa shape index (κ3) is 4.68. The summed E-state index contributed by atoms with van der Waals surface area (Å²) in [6.07, 6.45) is 3.35. The predicted octanol–water partition coefficient (Wildman–Crippen LogP) is 5.75. The zero-order valence-corrected chi connectivity index (χ0v) is 23.4. The van der Waals surface area contributed by atoms with E-state index in [-0.39, 0.29) is 23.6 Å². The molecule has 1 unspecified atom stereocenters. The predicted molar refractivity (Wildman–Crippen MR) is 155 cm³/mol. The molecular weight excluding hydrogens is 534 g/mol. The van der Waals surface area contributed by atoms with Crippen molar-refractivity contribution in [2.75, 3.05) is 7.11 Å². The lowest BCUT2D eigenvalue weighted by Crippen LogP contribution is -2.29. The molecular formula is C33H29N3O6. The molecule has 1 aliphatic rings. The van der Waals surface area contributed by atoms with Gasteiger partial charge >= 0.3 is 0 Å². The number of nitrogens with zero attached hydrogens (tertiary/aromatic N) is 3. The number of fused-ring (bicyclic) bond motifs is 1. The summed E-state index contributed by atoms with van der Waals surface area (Å²) in [5.74, 6) is -0.480. The van der Waals surface area contributed by atoms with E-state index in [4.69, 9.17) is 13.9 Å². The van der Waals surface area contributed by atoms with Crippen LogP contribution in [0.4, 0.5) is 0 Å². The number of rotatable bonds is 8. The number of methoxy groups -OCH3 is 1. The van der Waals surface area contributed by atoms with Crippen molar-refractivity contribution in [2.24, 2.45) is 0 Å². The van der Waals surface area contributed by atoms with Gasteiger partial charge in [0, 0.05) is 6.20 Å². The van der Waals surface area contributed by atoms with Gasteiger partial charge in [-0.25, -0.2) is 4.98 Å². The van der Waals surface area contributed by atoms with Crippen LogP contribution < -0.4 is 9.47 Å². The second kappa shape index (κ2) is 10.9. The van der Waals surface area contributed by atoms with Crippen LogP contribution in [0.15, 0.2) is 95.2 Å². The fraction of sp³-hybridized carbons (Fsp3) is 0.182. The molecule has 5 aromatic rings. The summed E-state index contributed by atoms with van der Waals surface area (Å²) in [6.45, 7) is 4.09. The van der Waals surface area contributed by atoms with Crippen LogP contribution in [-0.2, 0) is 22.7 Å². The summed E-state index contributed by atoms with van der Waals surface area (Å²) in [6, 6.07) is 21.3. The number of hydrogen-bond donors (Lipinski definition) is 1. The van der Waals surface area contributed by atoms with Gasteiger partial charge in [-0.05, 0) is 60.9 Å². The van der Waals surface area contributed by atoms with Crippen molar-refractivity contribution in [2.45, 2.75) is 33.0 Å². The van der Waals surface area contributed by atoms with Crippen LogP contribution in [0, 0.1) is 13.8 Å². The minimum Gasteiger partial charge on any atom is -0.505 e. The largest absolute Gasteiger partial charge is 0.505 e. The number of aliphatic hydroxyl groups is 1. The molecule has 1 N–H and O–H groups in total. The molecule has 1 saturated heterocycles. The minimum absolute atomic E-state index is 0.0247. The van der Waals surface area contributed by atoms with E-state index in [0.29, 0.717) is 40.8 Å². The molecule has 1 atom stereocenters. The van der Waals surface area contributed by atoms with Crippen LogP contribution >= 0.6 is 0 Å². The number of aryl methyl sites for hydroxylation is 2. The van der Waals surface area contributed by atoms with E-state index in [0.717, 1.165) is 11.1 Å². The third-order valence-corrected chi connectivity index (χ3v) is 7.50. The monoisotopic (exact) mass is 563 g/mol. The number of amides is 1. The maximum atomic E-state index is 13.6. The standard InChI is InChI=1S/C33H29N3O6/c1-20-9-7-15-35-21(2)28(34-32(20)35)30(37)27-29(36(33(39)31(27)38)18-24-12-8-16-41-24)23-13-14-25(26(17-23)40-3)42-19-22-10-5-4-6-11-22/h4-17,29,37H,18-19H2,1-3H3/b30-27+. The molecule has 2 aromatic carbocycles. The molecule has 3 aromatic heterocycles. The van der Waals surface area contributed by atoms with Crippen molar-refractivity contribution in [3.05, 3.63) is 125 Å². The van der Waals surface area contributed by atoms with Gasteiger partial charge in [-0.3, -0.25) is 9.59 Å². The fourth-order valence-electron chi connectivity index (χ4n) is 5.34. The highest BCUT2D eigenvalue weighted by Gasteiger charge is 2.47. The number of carbonyl (C=O) groups is 2. The van der Waals surface area contributed by atoms with Crippen molar-refractivity contribution in [3.8, 4) is 11.5 Å². The van der Waals surface area contributed by atoms with Crippen molar-refractivity contribution in [1.29, 1.82) is 0 Å². The summed E-state index contributed by atoms with van der Waals surface area (Å²) in [5.41, 5.74) is 3.93. The molecule has 1 amide bonds. The Morgan fingerprint density at radius 1 is 1.00 bits per heavy atom. The van der Waals surface area contributed by atoms with Gasteiger partial charge in [-0.15, -0.1) is 0 Å². The van der Waals surface area contributed by atoms with E-state index in [9.17, 15) is 14.7 Å². The number of hydrogen-bond acceptors (Lipinski definition) is 7. The van der Waals surface area contributed by atoms with E-state index in [2.05, 4.69) is 4.98 Å². The van der Waals surface area contributed by atoms with Gasteiger partial charge in [-0.2, -0.15) is 0 Å². The number of benzene rings is 2. The Morgan fingerprint density at radius 3 is 2.52 bits per heavy atom. The lowest BCUT2D eigenvalue weighted by atomic mass is 9.96. The number of aliphatic hydroxyl groups excluding tert-OH is 1. The van der Waals surface area contributed by atoms with E-state index < -0.39 is 17.7 Å². The Labute approximate surface area is 242 Å². The second-order valence-corrected chi connectivity index (χ2v) is 10.1. The highest BCUT2D eigenvalue weighted by molar-refractivity contribution is 6.46. The minimum atomic E-state index is -0.933. The Balaban J connectivity index is 1.46. The summed E-state index contributed by atoms with van der Waals surface area (Å²) >= 11 is 0. The Bertz CT molecular complexity index is 1820. The lowest BCUT2D eigenvalue weighted by molar-refractivity contribution is -0.140. The topological polar surface area (TPSA) is 107 Å². The first kappa shape index (κ1) is 26.9. The number of aromatic nitrogens is 2. The lowest BCUT2D eigenvalue weighted by Gasteiger charge is -2.25. The summed E-state index contributed by atoms with van der Waals surface area (Å²) < 4.78 is 19.0. The zero-order chi connectivity index (χ0) is 29.4. The van der Waals surface area contributed by atoms with Crippen LogP contribution in [0.25, 0.3) is 11.4 Å². The van der Waals surface area contributed by atoms with Crippen molar-refractivity contribution < 1.29 is 28.6 Å². The number of carbonyl (C=O) groups excluding carboxylic acids is 2. The Hall–Kier alpha value is -5.31. The molecule has 6 rings (SSSR count). The Kier molecular flexibility index (Phi) is 7.00. The number of furan rings is 1. The van der Waals surface area contributed by atoms with E-state index in [1.165, 1.54) is 18.3 Å². The van der Waals surface area contributed by atoms with Gasteiger partial charge in [0.15, 0.2) is 17.3 Å². The molecule has 212 valence electrons. The molecule has 0 aliphatic carbocycles. The number of pyridine rings is 1. The van der Waals surface area contributed by atoms with Crippen molar-refractivity contribution in [3.63, 3.8) is 0 Å². The summed E-state index contributed by atoms with van der Waals surface area (Å²) in [4.78, 5) is 33.1. The molecule has 42 heavy (non-hydrogen) atoms. The molecule has 0 saturated carbocycles. The fourth-order valence-corrected chi connectivity index (χ4v) is 5.34. The maximum absolute atomic E-state index is 13.6. The average Bonchev–Trinajstić information content (AvgIpc) is 3.71. The van der Waals surface area contributed by atoms with Crippen LogP contribution in [0.5, 0.6) is 11.5 Å². The second-order valence-electron chi connectivity index (χ2n) is 10.1. The average molecular weight is 564 g/mol. The number of Topliss-reactive ketones (excluding diaryl/α,β-unsaturated/α-hetero) is 1. The molecule has 0 spiro atoms. The van der Waals surface area contributed by atoms with Gasteiger partial charge in [0.05, 0.1) is 37.2 Å². The first-order valence-corrected chi connectivity index (χ1v) is 13.5. The molecule has 0 bridgehead atoms. The molecule has 9 heteroatoms. The van der Waals surface area contributed by atoms with Crippen LogP contribution in [0.2, 0.25) is 0 Å². The quantitative estimate of drug-likeness (QED) is 0.145. The van der Waals surface area contributed by atoms with Gasteiger partial charge in [0.25, 0.3) is 11.7 Å². The number of imidazole rings is 1. The van der Waals surface area contributed by atoms with Crippen LogP contribution in [0.1, 0.15) is 39.9 Å². The van der Waals surface area contributed by atoms with Crippen LogP contribution in [-0.4, -0.2) is 38.2 Å². The van der Waals surface area contributed by atoms with Crippen LogP contribution in [0.3, 0.4) is 0 Å². The third-order valence-electron chi connectivity index (χ3n) is 7.50. The van der Waals surface area contributed by atoms with Gasteiger partial charge in [0.2, 0.25) is 0 Å². The highest BCUT2D eigenvalue weighted by atomic mass is 16.5. The maximum Gasteiger partial charge on any atom is 0.296 e. The smallest absolute Gasteiger partial charge is 0.296 e. The molecule has 0 radical (unpaired) electrons. The number of ether oxygens (including phenoxy) is 2. The van der Waals surface area contributed by atoms with Gasteiger partial charge in [0.1, 0.15) is 23.7 Å². The summed E-state index contributed by atoms with van der Waals surface area (Å²) in [7, 11) is 1.52.